The van der Waals surface area contributed by atoms with Gasteiger partial charge in [-0.05, 0) is 51.4 Å². The second-order valence-electron chi connectivity index (χ2n) is 5.86. The number of pyridine rings is 1. The van der Waals surface area contributed by atoms with Gasteiger partial charge in [0.1, 0.15) is 5.69 Å². The molecule has 0 aromatic carbocycles. The molecule has 0 saturated carbocycles. The summed E-state index contributed by atoms with van der Waals surface area (Å²) >= 11 is 6.17. The first-order chi connectivity index (χ1) is 11.0. The molecule has 2 aromatic heterocycles. The Hall–Kier alpha value is -1.92. The van der Waals surface area contributed by atoms with E-state index in [0.29, 0.717) is 10.8 Å². The Bertz CT molecular complexity index is 721. The summed E-state index contributed by atoms with van der Waals surface area (Å²) in [6.07, 6.45) is 2.02. The van der Waals surface area contributed by atoms with Crippen LogP contribution >= 0.6 is 11.6 Å². The van der Waals surface area contributed by atoms with Crippen molar-refractivity contribution in [3.05, 3.63) is 40.3 Å². The van der Waals surface area contributed by atoms with Crippen LogP contribution < -0.4 is 10.6 Å². The number of piperidine rings is 1. The van der Waals surface area contributed by atoms with Crippen molar-refractivity contribution in [1.29, 1.82) is 0 Å². The van der Waals surface area contributed by atoms with Crippen molar-refractivity contribution < 1.29 is 4.79 Å². The van der Waals surface area contributed by atoms with E-state index in [9.17, 15) is 4.79 Å². The summed E-state index contributed by atoms with van der Waals surface area (Å²) in [6, 6.07) is 5.53. The minimum absolute atomic E-state index is 0.117. The van der Waals surface area contributed by atoms with Crippen LogP contribution in [-0.2, 0) is 0 Å². The van der Waals surface area contributed by atoms with Gasteiger partial charge in [0, 0.05) is 18.3 Å². The maximum atomic E-state index is 12.5. The lowest BCUT2D eigenvalue weighted by Crippen LogP contribution is -2.45. The highest BCUT2D eigenvalue weighted by atomic mass is 35.5. The van der Waals surface area contributed by atoms with Gasteiger partial charge in [-0.1, -0.05) is 11.6 Å². The number of aryl methyl sites for hydroxylation is 2. The topological polar surface area (TPSA) is 71.8 Å². The number of carbonyl (C=O) groups is 1. The van der Waals surface area contributed by atoms with Gasteiger partial charge in [-0.15, -0.1) is 0 Å². The molecule has 1 fully saturated rings. The number of carbonyl (C=O) groups excluding carboxylic acids is 1. The molecule has 6 nitrogen and oxygen atoms in total. The molecule has 7 heteroatoms. The summed E-state index contributed by atoms with van der Waals surface area (Å²) in [5.74, 6) is 0.346. The Morgan fingerprint density at radius 2 is 2.26 bits per heavy atom. The Labute approximate surface area is 140 Å². The quantitative estimate of drug-likeness (QED) is 0.901. The van der Waals surface area contributed by atoms with Crippen molar-refractivity contribution >= 4 is 17.5 Å². The van der Waals surface area contributed by atoms with Crippen LogP contribution in [0.1, 0.15) is 34.7 Å². The molecule has 122 valence electrons. The van der Waals surface area contributed by atoms with Crippen LogP contribution in [0.2, 0.25) is 5.02 Å². The van der Waals surface area contributed by atoms with E-state index in [2.05, 4.69) is 20.7 Å². The van der Waals surface area contributed by atoms with E-state index in [-0.39, 0.29) is 17.6 Å². The second kappa shape index (κ2) is 6.68. The third-order valence-electron chi connectivity index (χ3n) is 3.91. The molecule has 1 atom stereocenters. The Morgan fingerprint density at radius 1 is 1.43 bits per heavy atom. The predicted molar refractivity (Wildman–Crippen MR) is 89.2 cm³/mol. The van der Waals surface area contributed by atoms with Crippen LogP contribution in [0.5, 0.6) is 0 Å². The fourth-order valence-corrected chi connectivity index (χ4v) is 2.99. The normalized spacial score (nSPS) is 18.0. The van der Waals surface area contributed by atoms with Gasteiger partial charge in [0.15, 0.2) is 5.82 Å². The number of aromatic nitrogens is 3. The average Bonchev–Trinajstić information content (AvgIpc) is 2.87. The number of nitrogens with zero attached hydrogens (tertiary/aromatic N) is 3. The van der Waals surface area contributed by atoms with E-state index in [1.165, 1.54) is 0 Å². The third-order valence-corrected chi connectivity index (χ3v) is 4.21. The molecular formula is C16H20ClN5O. The molecule has 3 heterocycles. The van der Waals surface area contributed by atoms with E-state index in [1.807, 2.05) is 19.9 Å². The molecule has 0 spiro atoms. The fraction of sp³-hybridized carbons (Fsp3) is 0.438. The number of nitrogens with one attached hydrogen (secondary N) is 2. The molecule has 2 N–H and O–H groups in total. The zero-order chi connectivity index (χ0) is 16.4. The van der Waals surface area contributed by atoms with Crippen LogP contribution in [0.4, 0.5) is 0 Å². The van der Waals surface area contributed by atoms with Crippen LogP contribution in [0, 0.1) is 13.8 Å². The Morgan fingerprint density at radius 3 is 2.91 bits per heavy atom. The monoisotopic (exact) mass is 333 g/mol. The molecule has 1 amide bonds. The van der Waals surface area contributed by atoms with Crippen LogP contribution in [0.25, 0.3) is 5.82 Å². The van der Waals surface area contributed by atoms with Gasteiger partial charge < -0.3 is 10.6 Å². The lowest BCUT2D eigenvalue weighted by atomic mass is 10.1. The van der Waals surface area contributed by atoms with Gasteiger partial charge in [-0.2, -0.15) is 5.10 Å². The third kappa shape index (κ3) is 3.54. The van der Waals surface area contributed by atoms with Gasteiger partial charge in [0.05, 0.1) is 10.7 Å². The van der Waals surface area contributed by atoms with Gasteiger partial charge in [0.2, 0.25) is 0 Å². The molecule has 23 heavy (non-hydrogen) atoms. The zero-order valence-corrected chi connectivity index (χ0v) is 14.0. The maximum absolute atomic E-state index is 12.5. The van der Waals surface area contributed by atoms with Gasteiger partial charge >= 0.3 is 0 Å². The molecule has 2 aromatic rings. The Kier molecular flexibility index (Phi) is 4.63. The lowest BCUT2D eigenvalue weighted by molar-refractivity contribution is 0.0925. The molecule has 0 radical (unpaired) electrons. The highest BCUT2D eigenvalue weighted by Crippen LogP contribution is 2.18. The summed E-state index contributed by atoms with van der Waals surface area (Å²) in [5.41, 5.74) is 2.10. The number of hydrogen-bond donors (Lipinski definition) is 2. The maximum Gasteiger partial charge on any atom is 0.271 e. The number of hydrogen-bond acceptors (Lipinski definition) is 4. The van der Waals surface area contributed by atoms with Gasteiger partial charge in [-0.3, -0.25) is 4.79 Å². The van der Waals surface area contributed by atoms with Crippen LogP contribution in [0.15, 0.2) is 18.2 Å². The highest BCUT2D eigenvalue weighted by molar-refractivity contribution is 6.33. The van der Waals surface area contributed by atoms with E-state index < -0.39 is 0 Å². The minimum Gasteiger partial charge on any atom is -0.347 e. The SMILES string of the molecule is Cc1cc(C)n(-c2ccc(Cl)c(C(=O)NC3CCCNC3)n2)n1. The van der Waals surface area contributed by atoms with Crippen molar-refractivity contribution in [1.82, 2.24) is 25.4 Å². The van der Waals surface area contributed by atoms with E-state index in [0.717, 1.165) is 37.3 Å². The fourth-order valence-electron chi connectivity index (χ4n) is 2.80. The first-order valence-corrected chi connectivity index (χ1v) is 8.14. The molecule has 1 aliphatic rings. The van der Waals surface area contributed by atoms with E-state index in [1.54, 1.807) is 16.8 Å². The molecule has 1 saturated heterocycles. The molecular weight excluding hydrogens is 314 g/mol. The van der Waals surface area contributed by atoms with Crippen LogP contribution in [0.3, 0.4) is 0 Å². The molecule has 1 aliphatic heterocycles. The van der Waals surface area contributed by atoms with Gasteiger partial charge in [0.25, 0.3) is 5.91 Å². The van der Waals surface area contributed by atoms with E-state index in [4.69, 9.17) is 11.6 Å². The Balaban J connectivity index is 1.85. The summed E-state index contributed by atoms with van der Waals surface area (Å²) in [5, 5.41) is 11.0. The van der Waals surface area contributed by atoms with Gasteiger partial charge in [-0.25, -0.2) is 9.67 Å². The van der Waals surface area contributed by atoms with Crippen molar-refractivity contribution in [3.63, 3.8) is 0 Å². The molecule has 0 aliphatic carbocycles. The highest BCUT2D eigenvalue weighted by Gasteiger charge is 2.20. The first kappa shape index (κ1) is 16.0. The summed E-state index contributed by atoms with van der Waals surface area (Å²) in [6.45, 7) is 5.64. The number of halogens is 1. The van der Waals surface area contributed by atoms with Crippen LogP contribution in [-0.4, -0.2) is 39.8 Å². The first-order valence-electron chi connectivity index (χ1n) is 7.76. The molecule has 0 bridgehead atoms. The van der Waals surface area contributed by atoms with E-state index >= 15 is 0 Å². The average molecular weight is 334 g/mol. The summed E-state index contributed by atoms with van der Waals surface area (Å²) < 4.78 is 1.71. The lowest BCUT2D eigenvalue weighted by Gasteiger charge is -2.23. The van der Waals surface area contributed by atoms with Crippen molar-refractivity contribution in [2.75, 3.05) is 13.1 Å². The minimum atomic E-state index is -0.243. The smallest absolute Gasteiger partial charge is 0.271 e. The summed E-state index contributed by atoms with van der Waals surface area (Å²) in [7, 11) is 0. The largest absolute Gasteiger partial charge is 0.347 e. The second-order valence-corrected chi connectivity index (χ2v) is 6.26. The van der Waals surface area contributed by atoms with Crippen molar-refractivity contribution in [2.45, 2.75) is 32.7 Å². The standard InChI is InChI=1S/C16H20ClN5O/c1-10-8-11(2)22(21-10)14-6-5-13(17)15(20-14)16(23)19-12-4-3-7-18-9-12/h5-6,8,12,18H,3-4,7,9H2,1-2H3,(H,19,23). The predicted octanol–water partition coefficient (Wildman–Crippen LogP) is 2.02. The number of rotatable bonds is 3. The zero-order valence-electron chi connectivity index (χ0n) is 13.3. The number of amides is 1. The molecule has 1 unspecified atom stereocenters. The van der Waals surface area contributed by atoms with Crippen molar-refractivity contribution in [2.24, 2.45) is 0 Å². The molecule has 3 rings (SSSR count). The van der Waals surface area contributed by atoms with Crippen molar-refractivity contribution in [3.8, 4) is 5.82 Å². The summed E-state index contributed by atoms with van der Waals surface area (Å²) in [4.78, 5) is 16.9.